The molecule has 1 fully saturated rings. The van der Waals surface area contributed by atoms with Gasteiger partial charge in [-0.25, -0.2) is 4.79 Å². The normalized spacial score (nSPS) is 17.8. The summed E-state index contributed by atoms with van der Waals surface area (Å²) in [4.78, 5) is 14.4. The Morgan fingerprint density at radius 3 is 2.88 bits per heavy atom. The standard InChI is InChI=1S/C17H24N6O/c1-2-22-9-8-14(12-22)10-18-17(24)19-11-16-21-20-13-23(16)15-6-4-3-5-7-15/h3-7,13-14H,2,8-12H2,1H3,(H2,18,19,24)/t14-/m0/s1. The van der Waals surface area contributed by atoms with Crippen molar-refractivity contribution in [1.29, 1.82) is 0 Å². The van der Waals surface area contributed by atoms with Crippen molar-refractivity contribution in [2.75, 3.05) is 26.2 Å². The number of urea groups is 1. The third-order valence-corrected chi connectivity index (χ3v) is 4.43. The molecule has 0 radical (unpaired) electrons. The maximum absolute atomic E-state index is 12.0. The molecule has 1 aliphatic heterocycles. The number of nitrogens with one attached hydrogen (secondary N) is 2. The number of para-hydroxylation sites is 1. The minimum atomic E-state index is -0.160. The molecule has 7 heteroatoms. The first-order chi connectivity index (χ1) is 11.8. The van der Waals surface area contributed by atoms with E-state index in [0.29, 0.717) is 24.8 Å². The van der Waals surface area contributed by atoms with E-state index >= 15 is 0 Å². The predicted molar refractivity (Wildman–Crippen MR) is 91.8 cm³/mol. The van der Waals surface area contributed by atoms with Crippen molar-refractivity contribution < 1.29 is 4.79 Å². The van der Waals surface area contributed by atoms with Crippen LogP contribution in [0.5, 0.6) is 0 Å². The highest BCUT2D eigenvalue weighted by molar-refractivity contribution is 5.73. The summed E-state index contributed by atoms with van der Waals surface area (Å²) in [6.07, 6.45) is 2.80. The molecule has 1 aliphatic rings. The minimum absolute atomic E-state index is 0.160. The van der Waals surface area contributed by atoms with Gasteiger partial charge in [-0.1, -0.05) is 25.1 Å². The topological polar surface area (TPSA) is 75.1 Å². The van der Waals surface area contributed by atoms with Crippen LogP contribution in [0.1, 0.15) is 19.2 Å². The number of amides is 2. The molecule has 1 aromatic carbocycles. The van der Waals surface area contributed by atoms with Crippen LogP contribution in [-0.2, 0) is 6.54 Å². The van der Waals surface area contributed by atoms with Gasteiger partial charge in [-0.2, -0.15) is 0 Å². The summed E-state index contributed by atoms with van der Waals surface area (Å²) in [5.74, 6) is 1.25. The summed E-state index contributed by atoms with van der Waals surface area (Å²) >= 11 is 0. The highest BCUT2D eigenvalue weighted by Gasteiger charge is 2.21. The molecule has 128 valence electrons. The van der Waals surface area contributed by atoms with Gasteiger partial charge in [0.1, 0.15) is 6.33 Å². The van der Waals surface area contributed by atoms with E-state index in [1.807, 2.05) is 34.9 Å². The quantitative estimate of drug-likeness (QED) is 0.841. The summed E-state index contributed by atoms with van der Waals surface area (Å²) in [7, 11) is 0. The second-order valence-electron chi connectivity index (χ2n) is 6.06. The third-order valence-electron chi connectivity index (χ3n) is 4.43. The van der Waals surface area contributed by atoms with E-state index in [9.17, 15) is 4.79 Å². The number of nitrogens with zero attached hydrogens (tertiary/aromatic N) is 4. The van der Waals surface area contributed by atoms with E-state index in [4.69, 9.17) is 0 Å². The van der Waals surface area contributed by atoms with Crippen LogP contribution in [0.15, 0.2) is 36.7 Å². The predicted octanol–water partition coefficient (Wildman–Crippen LogP) is 1.41. The number of carbonyl (C=O) groups excluding carboxylic acids is 1. The number of rotatable bonds is 6. The Labute approximate surface area is 142 Å². The van der Waals surface area contributed by atoms with Crippen LogP contribution in [0, 0.1) is 5.92 Å². The van der Waals surface area contributed by atoms with E-state index in [0.717, 1.165) is 31.7 Å². The zero-order chi connectivity index (χ0) is 16.8. The average molecular weight is 328 g/mol. The zero-order valence-electron chi connectivity index (χ0n) is 14.0. The van der Waals surface area contributed by atoms with Crippen LogP contribution in [-0.4, -0.2) is 51.9 Å². The number of carbonyl (C=O) groups is 1. The maximum Gasteiger partial charge on any atom is 0.315 e. The molecular weight excluding hydrogens is 304 g/mol. The van der Waals surface area contributed by atoms with Gasteiger partial charge in [0.05, 0.1) is 6.54 Å². The Bertz CT molecular complexity index is 656. The maximum atomic E-state index is 12.0. The highest BCUT2D eigenvalue weighted by Crippen LogP contribution is 2.14. The van der Waals surface area contributed by atoms with Gasteiger partial charge >= 0.3 is 6.03 Å². The first kappa shape index (κ1) is 16.4. The van der Waals surface area contributed by atoms with Crippen molar-refractivity contribution in [3.05, 3.63) is 42.5 Å². The lowest BCUT2D eigenvalue weighted by Crippen LogP contribution is -2.38. The molecule has 24 heavy (non-hydrogen) atoms. The van der Waals surface area contributed by atoms with E-state index < -0.39 is 0 Å². The second kappa shape index (κ2) is 7.92. The lowest BCUT2D eigenvalue weighted by molar-refractivity contribution is 0.238. The molecule has 0 saturated carbocycles. The molecule has 1 atom stereocenters. The van der Waals surface area contributed by atoms with E-state index in [1.54, 1.807) is 6.33 Å². The van der Waals surface area contributed by atoms with E-state index in [-0.39, 0.29) is 6.03 Å². The second-order valence-corrected chi connectivity index (χ2v) is 6.06. The molecule has 7 nitrogen and oxygen atoms in total. The summed E-state index contributed by atoms with van der Waals surface area (Å²) in [5, 5.41) is 13.8. The van der Waals surface area contributed by atoms with E-state index in [2.05, 4.69) is 32.7 Å². The summed E-state index contributed by atoms with van der Waals surface area (Å²) in [5.41, 5.74) is 0.977. The van der Waals surface area contributed by atoms with Gasteiger partial charge in [-0.15, -0.1) is 10.2 Å². The Balaban J connectivity index is 1.46. The van der Waals surface area contributed by atoms with Gasteiger partial charge in [-0.3, -0.25) is 4.57 Å². The zero-order valence-corrected chi connectivity index (χ0v) is 14.0. The van der Waals surface area contributed by atoms with Gasteiger partial charge in [0.15, 0.2) is 5.82 Å². The molecule has 3 rings (SSSR count). The van der Waals surface area contributed by atoms with Gasteiger partial charge in [0.25, 0.3) is 0 Å². The van der Waals surface area contributed by atoms with Crippen LogP contribution in [0.3, 0.4) is 0 Å². The Morgan fingerprint density at radius 1 is 1.29 bits per heavy atom. The Kier molecular flexibility index (Phi) is 5.43. The summed E-state index contributed by atoms with van der Waals surface area (Å²) < 4.78 is 1.87. The largest absolute Gasteiger partial charge is 0.338 e. The van der Waals surface area contributed by atoms with Gasteiger partial charge in [0.2, 0.25) is 0 Å². The number of aromatic nitrogens is 3. The molecule has 2 N–H and O–H groups in total. The fourth-order valence-electron chi connectivity index (χ4n) is 3.01. The van der Waals surface area contributed by atoms with Crippen LogP contribution in [0.25, 0.3) is 5.69 Å². The molecule has 0 bridgehead atoms. The first-order valence-corrected chi connectivity index (χ1v) is 8.44. The first-order valence-electron chi connectivity index (χ1n) is 8.44. The van der Waals surface area contributed by atoms with Crippen molar-refractivity contribution >= 4 is 6.03 Å². The van der Waals surface area contributed by atoms with Crippen molar-refractivity contribution in [1.82, 2.24) is 30.3 Å². The smallest absolute Gasteiger partial charge is 0.315 e. The van der Waals surface area contributed by atoms with Gasteiger partial charge in [0, 0.05) is 18.8 Å². The molecule has 2 heterocycles. The summed E-state index contributed by atoms with van der Waals surface area (Å²) in [6.45, 7) is 6.51. The third kappa shape index (κ3) is 4.11. The molecule has 0 spiro atoms. The summed E-state index contributed by atoms with van der Waals surface area (Å²) in [6, 6.07) is 9.68. The monoisotopic (exact) mass is 328 g/mol. The molecule has 1 saturated heterocycles. The van der Waals surface area contributed by atoms with Gasteiger partial charge in [-0.05, 0) is 37.6 Å². The Morgan fingerprint density at radius 2 is 2.12 bits per heavy atom. The lowest BCUT2D eigenvalue weighted by atomic mass is 10.1. The van der Waals surface area contributed by atoms with Crippen molar-refractivity contribution in [2.45, 2.75) is 19.9 Å². The van der Waals surface area contributed by atoms with Crippen molar-refractivity contribution in [3.8, 4) is 5.69 Å². The van der Waals surface area contributed by atoms with Gasteiger partial charge < -0.3 is 15.5 Å². The van der Waals surface area contributed by atoms with Crippen LogP contribution in [0.4, 0.5) is 4.79 Å². The average Bonchev–Trinajstić information content (AvgIpc) is 3.28. The Hall–Kier alpha value is -2.41. The van der Waals surface area contributed by atoms with Crippen molar-refractivity contribution in [2.24, 2.45) is 5.92 Å². The number of hydrogen-bond acceptors (Lipinski definition) is 4. The molecule has 1 aromatic heterocycles. The molecule has 0 aliphatic carbocycles. The SMILES string of the molecule is CCN1CC[C@@H](CNC(=O)NCc2nncn2-c2ccccc2)C1. The molecule has 0 unspecified atom stereocenters. The minimum Gasteiger partial charge on any atom is -0.338 e. The van der Waals surface area contributed by atoms with Crippen molar-refractivity contribution in [3.63, 3.8) is 0 Å². The number of likely N-dealkylation sites (tertiary alicyclic amines) is 1. The number of hydrogen-bond donors (Lipinski definition) is 2. The van der Waals surface area contributed by atoms with Crippen LogP contribution >= 0.6 is 0 Å². The fourth-order valence-corrected chi connectivity index (χ4v) is 3.01. The highest BCUT2D eigenvalue weighted by atomic mass is 16.2. The van der Waals surface area contributed by atoms with E-state index in [1.165, 1.54) is 0 Å². The van der Waals surface area contributed by atoms with Crippen LogP contribution < -0.4 is 10.6 Å². The molecule has 2 amide bonds. The fraction of sp³-hybridized carbons (Fsp3) is 0.471. The lowest BCUT2D eigenvalue weighted by Gasteiger charge is -2.14. The van der Waals surface area contributed by atoms with Crippen LogP contribution in [0.2, 0.25) is 0 Å². The molecule has 2 aromatic rings. The molecular formula is C17H24N6O. The number of benzene rings is 1.